The normalized spacial score (nSPS) is 14.7. The summed E-state index contributed by atoms with van der Waals surface area (Å²) in [5, 5.41) is 1.26. The van der Waals surface area contributed by atoms with E-state index < -0.39 is 0 Å². The lowest BCUT2D eigenvalue weighted by atomic mass is 10.2. The van der Waals surface area contributed by atoms with Crippen LogP contribution in [0.4, 0.5) is 5.13 Å². The predicted octanol–water partition coefficient (Wildman–Crippen LogP) is 4.15. The Morgan fingerprint density at radius 3 is 2.30 bits per heavy atom. The lowest BCUT2D eigenvalue weighted by Crippen LogP contribution is -2.46. The number of nitrogens with zero attached hydrogens (tertiary/aromatic N) is 6. The van der Waals surface area contributed by atoms with Crippen LogP contribution in [-0.4, -0.2) is 49.8 Å². The Morgan fingerprint density at radius 1 is 0.970 bits per heavy atom. The molecule has 7 nitrogen and oxygen atoms in total. The highest BCUT2D eigenvalue weighted by molar-refractivity contribution is 7.09. The maximum Gasteiger partial charge on any atom is 0.290 e. The molecule has 1 aliphatic rings. The number of piperazine rings is 1. The molecule has 0 atom stereocenters. The lowest BCUT2D eigenvalue weighted by Gasteiger charge is -2.34. The SMILES string of the molecule is CCn1c(CN2CCN(c3nc(-c4ccccc4)ns3)CC2)c(Cl)c(=O)n1-c1ccccc1. The molecule has 4 aromatic rings. The molecule has 0 aliphatic carbocycles. The maximum absolute atomic E-state index is 12.9. The lowest BCUT2D eigenvalue weighted by molar-refractivity contribution is 0.241. The zero-order chi connectivity index (χ0) is 22.8. The van der Waals surface area contributed by atoms with E-state index in [1.165, 1.54) is 11.5 Å². The van der Waals surface area contributed by atoms with E-state index in [1.807, 2.05) is 72.3 Å². The van der Waals surface area contributed by atoms with E-state index in [-0.39, 0.29) is 5.56 Å². The smallest absolute Gasteiger partial charge is 0.290 e. The van der Waals surface area contributed by atoms with Gasteiger partial charge in [0.05, 0.1) is 11.4 Å². The maximum atomic E-state index is 12.9. The van der Waals surface area contributed by atoms with E-state index in [1.54, 1.807) is 4.68 Å². The summed E-state index contributed by atoms with van der Waals surface area (Å²) < 4.78 is 8.21. The van der Waals surface area contributed by atoms with Crippen molar-refractivity contribution in [1.29, 1.82) is 0 Å². The summed E-state index contributed by atoms with van der Waals surface area (Å²) in [4.78, 5) is 22.3. The van der Waals surface area contributed by atoms with Crippen molar-refractivity contribution in [2.24, 2.45) is 0 Å². The van der Waals surface area contributed by atoms with Gasteiger partial charge in [-0.05, 0) is 19.1 Å². The van der Waals surface area contributed by atoms with Gasteiger partial charge in [0.25, 0.3) is 5.56 Å². The average Bonchev–Trinajstić information content (AvgIpc) is 3.45. The second kappa shape index (κ2) is 9.51. The van der Waals surface area contributed by atoms with Crippen molar-refractivity contribution >= 4 is 28.3 Å². The predicted molar refractivity (Wildman–Crippen MR) is 134 cm³/mol. The fraction of sp³-hybridized carbons (Fsp3) is 0.292. The van der Waals surface area contributed by atoms with Gasteiger partial charge in [-0.2, -0.15) is 9.36 Å². The van der Waals surface area contributed by atoms with Gasteiger partial charge in [-0.15, -0.1) is 0 Å². The van der Waals surface area contributed by atoms with Crippen molar-refractivity contribution in [2.45, 2.75) is 20.0 Å². The monoisotopic (exact) mass is 480 g/mol. The highest BCUT2D eigenvalue weighted by Crippen LogP contribution is 2.25. The molecule has 2 aromatic carbocycles. The van der Waals surface area contributed by atoms with Crippen molar-refractivity contribution in [3.63, 3.8) is 0 Å². The largest absolute Gasteiger partial charge is 0.344 e. The number of hydrogen-bond acceptors (Lipinski definition) is 6. The van der Waals surface area contributed by atoms with Crippen molar-refractivity contribution < 1.29 is 0 Å². The van der Waals surface area contributed by atoms with E-state index in [9.17, 15) is 4.79 Å². The first-order valence-corrected chi connectivity index (χ1v) is 12.2. The van der Waals surface area contributed by atoms with Gasteiger partial charge in [0, 0.05) is 56.4 Å². The molecule has 9 heteroatoms. The first-order chi connectivity index (χ1) is 16.2. The topological polar surface area (TPSA) is 59.2 Å². The number of benzene rings is 2. The molecule has 0 radical (unpaired) electrons. The van der Waals surface area contributed by atoms with Gasteiger partial charge in [0.15, 0.2) is 5.82 Å². The molecular formula is C24H25ClN6OS. The molecule has 5 rings (SSSR count). The van der Waals surface area contributed by atoms with Crippen molar-refractivity contribution in [1.82, 2.24) is 23.6 Å². The van der Waals surface area contributed by atoms with E-state index >= 15 is 0 Å². The van der Waals surface area contributed by atoms with Crippen LogP contribution in [0.1, 0.15) is 12.6 Å². The van der Waals surface area contributed by atoms with Gasteiger partial charge < -0.3 is 4.90 Å². The summed E-state index contributed by atoms with van der Waals surface area (Å²) in [6, 6.07) is 19.7. The number of halogens is 1. The quantitative estimate of drug-likeness (QED) is 0.415. The first-order valence-electron chi connectivity index (χ1n) is 11.1. The number of para-hydroxylation sites is 1. The Labute approximate surface area is 201 Å². The molecule has 3 heterocycles. The first kappa shape index (κ1) is 21.9. The molecular weight excluding hydrogens is 456 g/mol. The molecule has 1 fully saturated rings. The third kappa shape index (κ3) is 4.34. The number of hydrogen-bond donors (Lipinski definition) is 0. The summed E-state index contributed by atoms with van der Waals surface area (Å²) in [6.07, 6.45) is 0. The molecule has 0 spiro atoms. The van der Waals surface area contributed by atoms with Gasteiger partial charge in [-0.25, -0.2) is 4.68 Å². The molecule has 1 saturated heterocycles. The van der Waals surface area contributed by atoms with E-state index in [4.69, 9.17) is 16.6 Å². The molecule has 0 saturated carbocycles. The minimum atomic E-state index is -0.166. The fourth-order valence-electron chi connectivity index (χ4n) is 4.23. The van der Waals surface area contributed by atoms with Crippen LogP contribution in [0, 0.1) is 0 Å². The molecule has 2 aromatic heterocycles. The number of rotatable bonds is 6. The Kier molecular flexibility index (Phi) is 6.30. The Morgan fingerprint density at radius 2 is 1.64 bits per heavy atom. The van der Waals surface area contributed by atoms with Gasteiger partial charge in [0.2, 0.25) is 5.13 Å². The summed E-state index contributed by atoms with van der Waals surface area (Å²) in [6.45, 7) is 6.79. The molecule has 0 unspecified atom stereocenters. The Hall–Kier alpha value is -2.94. The van der Waals surface area contributed by atoms with Crippen molar-refractivity contribution in [3.05, 3.63) is 81.7 Å². The zero-order valence-electron chi connectivity index (χ0n) is 18.4. The van der Waals surface area contributed by atoms with Crippen LogP contribution in [0.15, 0.2) is 65.5 Å². The summed E-state index contributed by atoms with van der Waals surface area (Å²) in [7, 11) is 0. The van der Waals surface area contributed by atoms with Crippen LogP contribution in [0.3, 0.4) is 0 Å². The van der Waals surface area contributed by atoms with Crippen LogP contribution in [0.5, 0.6) is 0 Å². The highest BCUT2D eigenvalue weighted by atomic mass is 35.5. The minimum absolute atomic E-state index is 0.166. The van der Waals surface area contributed by atoms with Gasteiger partial charge in [-0.3, -0.25) is 14.4 Å². The Bertz CT molecular complexity index is 1280. The molecule has 0 N–H and O–H groups in total. The number of aromatic nitrogens is 4. The second-order valence-electron chi connectivity index (χ2n) is 7.96. The molecule has 0 bridgehead atoms. The fourth-order valence-corrected chi connectivity index (χ4v) is 5.20. The minimum Gasteiger partial charge on any atom is -0.344 e. The standard InChI is InChI=1S/C24H25ClN6OS/c1-2-30-20(21(25)23(32)31(30)19-11-7-4-8-12-19)17-28-13-15-29(16-14-28)24-26-22(27-33-24)18-9-5-3-6-10-18/h3-12H,2,13-17H2,1H3. The van der Waals surface area contributed by atoms with Crippen LogP contribution < -0.4 is 10.5 Å². The molecule has 1 aliphatic heterocycles. The molecule has 170 valence electrons. The van der Waals surface area contributed by atoms with Crippen molar-refractivity contribution in [2.75, 3.05) is 31.1 Å². The zero-order valence-corrected chi connectivity index (χ0v) is 20.0. The van der Waals surface area contributed by atoms with Crippen LogP contribution >= 0.6 is 23.1 Å². The molecule has 33 heavy (non-hydrogen) atoms. The molecule has 0 amide bonds. The third-order valence-electron chi connectivity index (χ3n) is 5.95. The average molecular weight is 481 g/mol. The van der Waals surface area contributed by atoms with E-state index in [0.29, 0.717) is 18.1 Å². The summed E-state index contributed by atoms with van der Waals surface area (Å²) in [5.74, 6) is 0.777. The van der Waals surface area contributed by atoms with E-state index in [2.05, 4.69) is 14.2 Å². The van der Waals surface area contributed by atoms with Gasteiger partial charge >= 0.3 is 0 Å². The summed E-state index contributed by atoms with van der Waals surface area (Å²) in [5.41, 5.74) is 2.56. The van der Waals surface area contributed by atoms with Gasteiger partial charge in [-0.1, -0.05) is 60.1 Å². The second-order valence-corrected chi connectivity index (χ2v) is 9.07. The van der Waals surface area contributed by atoms with E-state index in [0.717, 1.165) is 54.1 Å². The van der Waals surface area contributed by atoms with Crippen LogP contribution in [0.25, 0.3) is 17.1 Å². The van der Waals surface area contributed by atoms with Crippen molar-refractivity contribution in [3.8, 4) is 17.1 Å². The van der Waals surface area contributed by atoms with Crippen LogP contribution in [-0.2, 0) is 13.1 Å². The third-order valence-corrected chi connectivity index (χ3v) is 7.11. The number of anilines is 1. The van der Waals surface area contributed by atoms with Crippen LogP contribution in [0.2, 0.25) is 5.02 Å². The highest BCUT2D eigenvalue weighted by Gasteiger charge is 2.25. The Balaban J connectivity index is 1.29. The summed E-state index contributed by atoms with van der Waals surface area (Å²) >= 11 is 7.99. The van der Waals surface area contributed by atoms with Gasteiger partial charge in [0.1, 0.15) is 5.02 Å².